The topological polar surface area (TPSA) is 48.9 Å². The Hall–Kier alpha value is -1.87. The van der Waals surface area contributed by atoms with Gasteiger partial charge in [-0.25, -0.2) is 0 Å². The second-order valence-electron chi connectivity index (χ2n) is 6.75. The van der Waals surface area contributed by atoms with Crippen molar-refractivity contribution in [2.75, 3.05) is 43.1 Å². The summed E-state index contributed by atoms with van der Waals surface area (Å²) in [6.07, 6.45) is 1.75. The first kappa shape index (κ1) is 24.4. The lowest BCUT2D eigenvalue weighted by Crippen LogP contribution is -2.36. The molecule has 7 heteroatoms. The number of aliphatic imine (C=N–C) groups is 1. The summed E-state index contributed by atoms with van der Waals surface area (Å²) in [5.41, 5.74) is 3.63. The van der Waals surface area contributed by atoms with Gasteiger partial charge in [-0.05, 0) is 23.8 Å². The zero-order valence-corrected chi connectivity index (χ0v) is 20.6. The largest absolute Gasteiger partial charge is 0.489 e. The number of hydrogen-bond donors (Lipinski definition) is 2. The predicted molar refractivity (Wildman–Crippen MR) is 141 cm³/mol. The molecule has 30 heavy (non-hydrogen) atoms. The minimum atomic E-state index is 0. The molecule has 3 rings (SSSR count). The van der Waals surface area contributed by atoms with E-state index in [0.29, 0.717) is 13.2 Å². The van der Waals surface area contributed by atoms with Crippen LogP contribution in [0.1, 0.15) is 11.1 Å². The van der Waals surface area contributed by atoms with Crippen LogP contribution in [0.25, 0.3) is 0 Å². The van der Waals surface area contributed by atoms with Gasteiger partial charge in [0.2, 0.25) is 0 Å². The lowest BCUT2D eigenvalue weighted by molar-refractivity contribution is 0.358. The van der Waals surface area contributed by atoms with Crippen molar-refractivity contribution in [2.24, 2.45) is 4.99 Å². The molecule has 0 aliphatic carbocycles. The first-order valence-corrected chi connectivity index (χ1v) is 11.1. The van der Waals surface area contributed by atoms with Crippen molar-refractivity contribution in [2.45, 2.75) is 13.1 Å². The maximum atomic E-state index is 5.72. The Morgan fingerprint density at radius 3 is 2.50 bits per heavy atom. The molecule has 2 aromatic carbocycles. The van der Waals surface area contributed by atoms with Gasteiger partial charge in [-0.1, -0.05) is 43.0 Å². The van der Waals surface area contributed by atoms with E-state index in [1.807, 2.05) is 30.0 Å². The molecular weight excluding hydrogens is 507 g/mol. The molecule has 162 valence electrons. The van der Waals surface area contributed by atoms with Gasteiger partial charge in [0.05, 0.1) is 0 Å². The van der Waals surface area contributed by atoms with Crippen molar-refractivity contribution < 1.29 is 4.74 Å². The molecule has 0 radical (unpaired) electrons. The Morgan fingerprint density at radius 1 is 1.10 bits per heavy atom. The van der Waals surface area contributed by atoms with E-state index in [9.17, 15) is 0 Å². The van der Waals surface area contributed by atoms with Crippen molar-refractivity contribution >= 4 is 47.4 Å². The van der Waals surface area contributed by atoms with Crippen LogP contribution >= 0.6 is 35.7 Å². The van der Waals surface area contributed by atoms with Crippen LogP contribution < -0.4 is 20.3 Å². The minimum absolute atomic E-state index is 0. The van der Waals surface area contributed by atoms with Crippen LogP contribution in [0.2, 0.25) is 0 Å². The highest BCUT2D eigenvalue weighted by Crippen LogP contribution is 2.20. The van der Waals surface area contributed by atoms with Crippen LogP contribution in [-0.2, 0) is 13.1 Å². The summed E-state index contributed by atoms with van der Waals surface area (Å²) >= 11 is 2.03. The zero-order chi connectivity index (χ0) is 20.3. The average Bonchev–Trinajstić information content (AvgIpc) is 2.79. The molecule has 1 aliphatic heterocycles. The molecule has 0 unspecified atom stereocenters. The number of anilines is 1. The van der Waals surface area contributed by atoms with E-state index in [-0.39, 0.29) is 24.0 Å². The molecule has 0 spiro atoms. The molecule has 2 N–H and O–H groups in total. The minimum Gasteiger partial charge on any atom is -0.489 e. The van der Waals surface area contributed by atoms with Gasteiger partial charge >= 0.3 is 0 Å². The van der Waals surface area contributed by atoms with Crippen LogP contribution in [-0.4, -0.2) is 44.2 Å². The summed E-state index contributed by atoms with van der Waals surface area (Å²) in [5.74, 6) is 4.06. The van der Waals surface area contributed by atoms with Crippen molar-refractivity contribution in [3.8, 4) is 5.75 Å². The second kappa shape index (κ2) is 13.4. The van der Waals surface area contributed by atoms with Gasteiger partial charge < -0.3 is 20.3 Å². The molecule has 0 atom stereocenters. The summed E-state index contributed by atoms with van der Waals surface area (Å²) in [4.78, 5) is 6.79. The van der Waals surface area contributed by atoms with Crippen molar-refractivity contribution in [1.29, 1.82) is 0 Å². The lowest BCUT2D eigenvalue weighted by Gasteiger charge is -2.28. The van der Waals surface area contributed by atoms with Gasteiger partial charge in [-0.3, -0.25) is 4.99 Å². The van der Waals surface area contributed by atoms with Crippen molar-refractivity contribution in [3.05, 3.63) is 72.3 Å². The summed E-state index contributed by atoms with van der Waals surface area (Å²) in [7, 11) is 1.78. The SMILES string of the molecule is C=CCOc1ccccc1CNC(=NC)NCc1ccc(N2CCSCC2)cc1.I. The number of halogens is 1. The molecule has 0 bridgehead atoms. The molecule has 0 amide bonds. The van der Waals surface area contributed by atoms with Gasteiger partial charge in [0.25, 0.3) is 0 Å². The first-order chi connectivity index (χ1) is 14.3. The van der Waals surface area contributed by atoms with Crippen LogP contribution in [0.4, 0.5) is 5.69 Å². The van der Waals surface area contributed by atoms with Gasteiger partial charge in [-0.15, -0.1) is 24.0 Å². The Bertz CT molecular complexity index is 807. The third kappa shape index (κ3) is 7.43. The van der Waals surface area contributed by atoms with Crippen LogP contribution in [0.5, 0.6) is 5.75 Å². The number of nitrogens with zero attached hydrogens (tertiary/aromatic N) is 2. The molecule has 0 saturated carbocycles. The number of hydrogen-bond acceptors (Lipinski definition) is 4. The van der Waals surface area contributed by atoms with Gasteiger partial charge in [-0.2, -0.15) is 11.8 Å². The Labute approximate surface area is 201 Å². The fourth-order valence-corrected chi connectivity index (χ4v) is 4.07. The van der Waals surface area contributed by atoms with Crippen LogP contribution in [0.15, 0.2) is 66.2 Å². The van der Waals surface area contributed by atoms with Crippen LogP contribution in [0.3, 0.4) is 0 Å². The first-order valence-electron chi connectivity index (χ1n) is 9.98. The highest BCUT2D eigenvalue weighted by Gasteiger charge is 2.11. The Morgan fingerprint density at radius 2 is 1.80 bits per heavy atom. The maximum absolute atomic E-state index is 5.72. The van der Waals surface area contributed by atoms with E-state index >= 15 is 0 Å². The monoisotopic (exact) mass is 538 g/mol. The van der Waals surface area contributed by atoms with E-state index in [4.69, 9.17) is 4.74 Å². The molecule has 2 aromatic rings. The fraction of sp³-hybridized carbons (Fsp3) is 0.348. The molecule has 1 heterocycles. The smallest absolute Gasteiger partial charge is 0.191 e. The molecule has 0 aromatic heterocycles. The number of guanidine groups is 1. The number of thioether (sulfide) groups is 1. The summed E-state index contributed by atoms with van der Waals surface area (Å²) in [6, 6.07) is 16.8. The normalized spacial score (nSPS) is 13.9. The van der Waals surface area contributed by atoms with E-state index in [1.54, 1.807) is 13.1 Å². The molecular formula is C23H31IN4OS. The maximum Gasteiger partial charge on any atom is 0.191 e. The molecule has 1 aliphatic rings. The second-order valence-corrected chi connectivity index (χ2v) is 7.98. The standard InChI is InChI=1S/C23H30N4OS.HI/c1-3-14-28-22-7-5-4-6-20(22)18-26-23(24-2)25-17-19-8-10-21(11-9-19)27-12-15-29-16-13-27;/h3-11H,1,12-18H2,2H3,(H2,24,25,26);1H. The highest BCUT2D eigenvalue weighted by molar-refractivity contribution is 14.0. The van der Waals surface area contributed by atoms with E-state index in [1.165, 1.54) is 22.8 Å². The number of benzene rings is 2. The zero-order valence-electron chi connectivity index (χ0n) is 17.5. The Kier molecular flexibility index (Phi) is 10.9. The average molecular weight is 538 g/mol. The predicted octanol–water partition coefficient (Wildman–Crippen LogP) is 4.29. The van der Waals surface area contributed by atoms with E-state index in [0.717, 1.165) is 36.9 Å². The third-order valence-electron chi connectivity index (χ3n) is 4.77. The fourth-order valence-electron chi connectivity index (χ4n) is 3.17. The number of rotatable bonds is 8. The molecule has 1 fully saturated rings. The summed E-state index contributed by atoms with van der Waals surface area (Å²) in [5, 5.41) is 6.74. The number of para-hydroxylation sites is 1. The lowest BCUT2D eigenvalue weighted by atomic mass is 10.2. The Balaban J connectivity index is 0.00000320. The van der Waals surface area contributed by atoms with Crippen molar-refractivity contribution in [3.63, 3.8) is 0 Å². The quantitative estimate of drug-likeness (QED) is 0.228. The van der Waals surface area contributed by atoms with Crippen molar-refractivity contribution in [1.82, 2.24) is 10.6 Å². The summed E-state index contributed by atoms with van der Waals surface area (Å²) in [6.45, 7) is 7.84. The highest BCUT2D eigenvalue weighted by atomic mass is 127. The van der Waals surface area contributed by atoms with E-state index < -0.39 is 0 Å². The number of nitrogens with one attached hydrogen (secondary N) is 2. The third-order valence-corrected chi connectivity index (χ3v) is 5.71. The van der Waals surface area contributed by atoms with Gasteiger partial charge in [0.1, 0.15) is 12.4 Å². The number of ether oxygens (including phenoxy) is 1. The molecule has 5 nitrogen and oxygen atoms in total. The van der Waals surface area contributed by atoms with E-state index in [2.05, 4.69) is 57.4 Å². The summed E-state index contributed by atoms with van der Waals surface area (Å²) < 4.78 is 5.72. The van der Waals surface area contributed by atoms with Gasteiger partial charge in [0.15, 0.2) is 5.96 Å². The molecule has 1 saturated heterocycles. The van der Waals surface area contributed by atoms with Gasteiger partial charge in [0, 0.05) is 56.0 Å². The van der Waals surface area contributed by atoms with Crippen LogP contribution in [0, 0.1) is 0 Å².